The summed E-state index contributed by atoms with van der Waals surface area (Å²) in [4.78, 5) is 1.91. The highest BCUT2D eigenvalue weighted by molar-refractivity contribution is 7.92. The number of aromatic amines is 1. The van der Waals surface area contributed by atoms with E-state index in [4.69, 9.17) is 5.11 Å². The van der Waals surface area contributed by atoms with Gasteiger partial charge in [-0.3, -0.25) is 9.82 Å². The molecule has 0 saturated heterocycles. The first-order chi connectivity index (χ1) is 9.44. The van der Waals surface area contributed by atoms with Crippen LogP contribution in [0.1, 0.15) is 5.56 Å². The van der Waals surface area contributed by atoms with E-state index in [0.29, 0.717) is 5.69 Å². The topological polar surface area (TPSA) is 98.3 Å². The van der Waals surface area contributed by atoms with Crippen LogP contribution in [0.25, 0.3) is 0 Å². The van der Waals surface area contributed by atoms with Gasteiger partial charge in [0.1, 0.15) is 0 Å². The van der Waals surface area contributed by atoms with E-state index in [-0.39, 0.29) is 10.6 Å². The number of hydrogen-bond acceptors (Lipinski definition) is 5. The molecule has 1 aromatic heterocycles. The summed E-state index contributed by atoms with van der Waals surface area (Å²) in [5.41, 5.74) is 1.63. The first-order valence-electron chi connectivity index (χ1n) is 5.87. The molecule has 0 spiro atoms. The van der Waals surface area contributed by atoms with Gasteiger partial charge in [0.15, 0.2) is 5.03 Å². The van der Waals surface area contributed by atoms with E-state index in [9.17, 15) is 8.42 Å². The largest absolute Gasteiger partial charge is 0.392 e. The average Bonchev–Trinajstić information content (AvgIpc) is 2.88. The minimum absolute atomic E-state index is 0.128. The van der Waals surface area contributed by atoms with Gasteiger partial charge in [0, 0.05) is 31.0 Å². The Morgan fingerprint density at radius 1 is 1.30 bits per heavy atom. The monoisotopic (exact) mass is 296 g/mol. The highest BCUT2D eigenvalue weighted by atomic mass is 32.2. The van der Waals surface area contributed by atoms with Crippen LogP contribution in [-0.2, 0) is 16.6 Å². The molecule has 0 aliphatic heterocycles. The number of anilines is 2. The van der Waals surface area contributed by atoms with Gasteiger partial charge in [0.05, 0.1) is 12.8 Å². The summed E-state index contributed by atoms with van der Waals surface area (Å²) in [5.74, 6) is 0. The summed E-state index contributed by atoms with van der Waals surface area (Å²) in [6.45, 7) is -0.397. The van der Waals surface area contributed by atoms with Crippen LogP contribution < -0.4 is 9.62 Å². The third-order valence-corrected chi connectivity index (χ3v) is 4.15. The lowest BCUT2D eigenvalue weighted by atomic mass is 10.3. The minimum atomic E-state index is -3.79. The van der Waals surface area contributed by atoms with Crippen molar-refractivity contribution < 1.29 is 13.5 Å². The molecule has 1 heterocycles. The number of aliphatic hydroxyl groups is 1. The molecule has 0 bridgehead atoms. The fourth-order valence-electron chi connectivity index (χ4n) is 1.68. The summed E-state index contributed by atoms with van der Waals surface area (Å²) >= 11 is 0. The van der Waals surface area contributed by atoms with E-state index in [2.05, 4.69) is 14.9 Å². The molecule has 108 valence electrons. The standard InChI is InChI=1S/C12H16N4O3S/c1-16(2)11-5-3-10(4-6-11)15-20(18,19)12-9(8-17)7-13-14-12/h3-7,15,17H,8H2,1-2H3,(H,13,14). The van der Waals surface area contributed by atoms with Crippen LogP contribution in [0.2, 0.25) is 0 Å². The van der Waals surface area contributed by atoms with Crippen LogP contribution in [0.4, 0.5) is 11.4 Å². The van der Waals surface area contributed by atoms with E-state index in [0.717, 1.165) is 5.69 Å². The number of hydrogen-bond donors (Lipinski definition) is 3. The van der Waals surface area contributed by atoms with Crippen molar-refractivity contribution in [1.29, 1.82) is 0 Å². The summed E-state index contributed by atoms with van der Waals surface area (Å²) < 4.78 is 26.7. The van der Waals surface area contributed by atoms with Gasteiger partial charge in [-0.25, -0.2) is 0 Å². The summed E-state index contributed by atoms with van der Waals surface area (Å²) in [6.07, 6.45) is 1.28. The summed E-state index contributed by atoms with van der Waals surface area (Å²) in [7, 11) is 0.0127. The minimum Gasteiger partial charge on any atom is -0.392 e. The highest BCUT2D eigenvalue weighted by Crippen LogP contribution is 2.20. The zero-order valence-electron chi connectivity index (χ0n) is 11.2. The van der Waals surface area contributed by atoms with E-state index in [1.54, 1.807) is 24.3 Å². The van der Waals surface area contributed by atoms with Crippen molar-refractivity contribution in [1.82, 2.24) is 10.2 Å². The van der Waals surface area contributed by atoms with Crippen molar-refractivity contribution in [2.45, 2.75) is 11.6 Å². The number of sulfonamides is 1. The van der Waals surface area contributed by atoms with Crippen LogP contribution in [-0.4, -0.2) is 37.8 Å². The lowest BCUT2D eigenvalue weighted by Crippen LogP contribution is -2.15. The Morgan fingerprint density at radius 3 is 2.50 bits per heavy atom. The molecule has 8 heteroatoms. The van der Waals surface area contributed by atoms with Crippen molar-refractivity contribution in [2.24, 2.45) is 0 Å². The molecule has 0 saturated carbocycles. The van der Waals surface area contributed by atoms with Crippen LogP contribution in [0.5, 0.6) is 0 Å². The Kier molecular flexibility index (Phi) is 3.96. The van der Waals surface area contributed by atoms with Crippen molar-refractivity contribution in [3.8, 4) is 0 Å². The van der Waals surface area contributed by atoms with Crippen LogP contribution >= 0.6 is 0 Å². The Balaban J connectivity index is 2.24. The quantitative estimate of drug-likeness (QED) is 0.757. The predicted molar refractivity (Wildman–Crippen MR) is 76.1 cm³/mol. The molecular formula is C12H16N4O3S. The van der Waals surface area contributed by atoms with E-state index in [1.807, 2.05) is 19.0 Å². The zero-order valence-corrected chi connectivity index (χ0v) is 12.0. The molecule has 0 radical (unpaired) electrons. The number of rotatable bonds is 5. The molecule has 2 rings (SSSR count). The lowest BCUT2D eigenvalue weighted by molar-refractivity contribution is 0.278. The average molecular weight is 296 g/mol. The van der Waals surface area contributed by atoms with Gasteiger partial charge < -0.3 is 10.0 Å². The first-order valence-corrected chi connectivity index (χ1v) is 7.35. The molecule has 20 heavy (non-hydrogen) atoms. The SMILES string of the molecule is CN(C)c1ccc(NS(=O)(=O)c2[nH]ncc2CO)cc1. The maximum absolute atomic E-state index is 12.2. The smallest absolute Gasteiger partial charge is 0.279 e. The summed E-state index contributed by atoms with van der Waals surface area (Å²) in [6, 6.07) is 6.94. The van der Waals surface area contributed by atoms with Crippen molar-refractivity contribution in [3.63, 3.8) is 0 Å². The number of H-pyrrole nitrogens is 1. The molecule has 0 fully saturated rings. The highest BCUT2D eigenvalue weighted by Gasteiger charge is 2.20. The fraction of sp³-hybridized carbons (Fsp3) is 0.250. The molecule has 0 atom stereocenters. The number of nitrogens with one attached hydrogen (secondary N) is 2. The van der Waals surface area contributed by atoms with Gasteiger partial charge in [-0.2, -0.15) is 13.5 Å². The normalized spacial score (nSPS) is 11.3. The Morgan fingerprint density at radius 2 is 1.95 bits per heavy atom. The van der Waals surface area contributed by atoms with Gasteiger partial charge in [-0.15, -0.1) is 0 Å². The van der Waals surface area contributed by atoms with Gasteiger partial charge in [0.2, 0.25) is 0 Å². The second-order valence-corrected chi connectivity index (χ2v) is 6.05. The number of benzene rings is 1. The van der Waals surface area contributed by atoms with E-state index < -0.39 is 16.6 Å². The second kappa shape index (κ2) is 5.51. The lowest BCUT2D eigenvalue weighted by Gasteiger charge is -2.13. The van der Waals surface area contributed by atoms with Crippen molar-refractivity contribution >= 4 is 21.4 Å². The van der Waals surface area contributed by atoms with Gasteiger partial charge in [-0.1, -0.05) is 0 Å². The second-order valence-electron chi connectivity index (χ2n) is 4.43. The van der Waals surface area contributed by atoms with Crippen LogP contribution in [0, 0.1) is 0 Å². The number of nitrogens with zero attached hydrogens (tertiary/aromatic N) is 2. The molecule has 0 aliphatic rings. The van der Waals surface area contributed by atoms with E-state index >= 15 is 0 Å². The molecule has 0 aliphatic carbocycles. The third kappa shape index (κ3) is 2.91. The Hall–Kier alpha value is -2.06. The van der Waals surface area contributed by atoms with Gasteiger partial charge >= 0.3 is 0 Å². The Bertz CT molecular complexity index is 677. The Labute approximate surface area is 117 Å². The molecular weight excluding hydrogens is 280 g/mol. The maximum Gasteiger partial charge on any atom is 0.279 e. The summed E-state index contributed by atoms with van der Waals surface area (Å²) in [5, 5.41) is 15.0. The van der Waals surface area contributed by atoms with Crippen LogP contribution in [0.15, 0.2) is 35.5 Å². The van der Waals surface area contributed by atoms with Crippen molar-refractivity contribution in [3.05, 3.63) is 36.0 Å². The maximum atomic E-state index is 12.2. The third-order valence-electron chi connectivity index (χ3n) is 2.75. The van der Waals surface area contributed by atoms with Crippen molar-refractivity contribution in [2.75, 3.05) is 23.7 Å². The number of aromatic nitrogens is 2. The molecule has 0 unspecified atom stereocenters. The molecule has 0 amide bonds. The predicted octanol–water partition coefficient (Wildman–Crippen LogP) is 0.769. The first kappa shape index (κ1) is 14.4. The molecule has 2 aromatic rings. The molecule has 7 nitrogen and oxygen atoms in total. The van der Waals surface area contributed by atoms with Gasteiger partial charge in [0.25, 0.3) is 10.0 Å². The molecule has 3 N–H and O–H groups in total. The fourth-order valence-corrected chi connectivity index (χ4v) is 2.86. The van der Waals surface area contributed by atoms with E-state index in [1.165, 1.54) is 6.20 Å². The molecule has 1 aromatic carbocycles. The van der Waals surface area contributed by atoms with Gasteiger partial charge in [-0.05, 0) is 24.3 Å². The number of aliphatic hydroxyl groups excluding tert-OH is 1. The zero-order chi connectivity index (χ0) is 14.8. The van der Waals surface area contributed by atoms with Crippen LogP contribution in [0.3, 0.4) is 0 Å².